The van der Waals surface area contributed by atoms with Gasteiger partial charge < -0.3 is 14.9 Å². The monoisotopic (exact) mass is 255 g/mol. The molecule has 0 aromatic carbocycles. The van der Waals surface area contributed by atoms with E-state index in [1.54, 1.807) is 0 Å². The number of nitrogens with zero attached hydrogens (tertiary/aromatic N) is 2. The van der Waals surface area contributed by atoms with E-state index in [0.29, 0.717) is 12.3 Å². The van der Waals surface area contributed by atoms with Crippen molar-refractivity contribution in [2.24, 2.45) is 5.92 Å². The van der Waals surface area contributed by atoms with Crippen molar-refractivity contribution < 1.29 is 14.4 Å². The Morgan fingerprint density at radius 3 is 2.44 bits per heavy atom. The highest BCUT2D eigenvalue weighted by atomic mass is 16.5. The zero-order chi connectivity index (χ0) is 13.9. The molecule has 18 heavy (non-hydrogen) atoms. The second-order valence-corrected chi connectivity index (χ2v) is 5.84. The Morgan fingerprint density at radius 1 is 1.44 bits per heavy atom. The van der Waals surface area contributed by atoms with Crippen LogP contribution in [0.2, 0.25) is 0 Å². The minimum absolute atomic E-state index is 0.230. The topological polar surface area (TPSA) is 88.3 Å². The van der Waals surface area contributed by atoms with E-state index >= 15 is 0 Å². The van der Waals surface area contributed by atoms with Crippen molar-refractivity contribution in [1.29, 1.82) is 0 Å². The first kappa shape index (κ1) is 14.5. The van der Waals surface area contributed by atoms with E-state index in [9.17, 15) is 4.79 Å². The fraction of sp³-hybridized carbons (Fsp3) is 0.750. The molecule has 0 aliphatic heterocycles. The maximum Gasteiger partial charge on any atom is 0.326 e. The Labute approximate surface area is 107 Å². The molecular weight excluding hydrogens is 234 g/mol. The molecule has 0 aliphatic carbocycles. The third kappa shape index (κ3) is 4.01. The molecular formula is C12H21N3O3. The number of nitrogens with one attached hydrogen (secondary N) is 1. The number of carboxylic acid groups (broad SMARTS) is 1. The first-order chi connectivity index (χ1) is 8.20. The van der Waals surface area contributed by atoms with Crippen LogP contribution in [0.25, 0.3) is 0 Å². The van der Waals surface area contributed by atoms with Crippen molar-refractivity contribution in [2.45, 2.75) is 52.5 Å². The Balaban J connectivity index is 2.76. The number of hydrogen-bond donors (Lipinski definition) is 2. The number of aromatic nitrogens is 2. The predicted molar refractivity (Wildman–Crippen MR) is 67.5 cm³/mol. The average molecular weight is 255 g/mol. The number of carboxylic acids is 1. The zero-order valence-electron chi connectivity index (χ0n) is 11.5. The van der Waals surface area contributed by atoms with E-state index in [-0.39, 0.29) is 17.3 Å². The predicted octanol–water partition coefficient (Wildman–Crippen LogP) is 2.28. The van der Waals surface area contributed by atoms with Gasteiger partial charge in [-0.05, 0) is 17.5 Å². The van der Waals surface area contributed by atoms with Gasteiger partial charge in [-0.15, -0.1) is 0 Å². The van der Waals surface area contributed by atoms with Crippen molar-refractivity contribution in [3.63, 3.8) is 0 Å². The summed E-state index contributed by atoms with van der Waals surface area (Å²) in [5, 5.41) is 15.6. The normalized spacial score (nSPS) is 13.7. The summed E-state index contributed by atoms with van der Waals surface area (Å²) in [5.41, 5.74) is -0.246. The van der Waals surface area contributed by atoms with Crippen LogP contribution in [0.3, 0.4) is 0 Å². The molecule has 1 unspecified atom stereocenters. The Bertz CT molecular complexity index is 407. The molecule has 1 heterocycles. The fourth-order valence-electron chi connectivity index (χ4n) is 1.44. The summed E-state index contributed by atoms with van der Waals surface area (Å²) < 4.78 is 5.10. The summed E-state index contributed by atoms with van der Waals surface area (Å²) in [6.45, 7) is 9.79. The largest absolute Gasteiger partial charge is 0.480 e. The van der Waals surface area contributed by atoms with Gasteiger partial charge in [0, 0.05) is 5.41 Å². The summed E-state index contributed by atoms with van der Waals surface area (Å²) in [7, 11) is 0. The summed E-state index contributed by atoms with van der Waals surface area (Å²) in [5.74, 6) is 0.0741. The lowest BCUT2D eigenvalue weighted by Crippen LogP contribution is -2.31. The molecule has 0 radical (unpaired) electrons. The molecule has 0 amide bonds. The highest BCUT2D eigenvalue weighted by molar-refractivity contribution is 5.76. The third-order valence-electron chi connectivity index (χ3n) is 2.38. The van der Waals surface area contributed by atoms with Crippen LogP contribution in [0.4, 0.5) is 5.95 Å². The van der Waals surface area contributed by atoms with Crippen LogP contribution < -0.4 is 5.32 Å². The molecule has 0 aliphatic rings. The molecule has 0 bridgehead atoms. The zero-order valence-corrected chi connectivity index (χ0v) is 11.5. The van der Waals surface area contributed by atoms with Gasteiger partial charge in [0.1, 0.15) is 6.04 Å². The van der Waals surface area contributed by atoms with Gasteiger partial charge in [-0.1, -0.05) is 34.6 Å². The maximum absolute atomic E-state index is 11.1. The smallest absolute Gasteiger partial charge is 0.326 e. The molecule has 0 fully saturated rings. The molecule has 0 spiro atoms. The van der Waals surface area contributed by atoms with Gasteiger partial charge in [-0.25, -0.2) is 4.79 Å². The molecule has 1 aromatic rings. The second-order valence-electron chi connectivity index (χ2n) is 5.84. The van der Waals surface area contributed by atoms with Crippen LogP contribution in [0.5, 0.6) is 0 Å². The standard InChI is InChI=1S/C12H21N3O3/c1-7(2)6-8(9(16)17)13-11-14-10(18-15-11)12(3,4)5/h7-8H,6H2,1-5H3,(H,13,15)(H,16,17). The quantitative estimate of drug-likeness (QED) is 0.839. The molecule has 2 N–H and O–H groups in total. The first-order valence-electron chi connectivity index (χ1n) is 6.03. The number of carbonyl (C=O) groups is 1. The summed E-state index contributed by atoms with van der Waals surface area (Å²) >= 11 is 0. The van der Waals surface area contributed by atoms with Gasteiger partial charge >= 0.3 is 5.97 Å². The summed E-state index contributed by atoms with van der Waals surface area (Å²) in [6.07, 6.45) is 0.509. The van der Waals surface area contributed by atoms with Gasteiger partial charge in [0.05, 0.1) is 0 Å². The van der Waals surface area contributed by atoms with Crippen LogP contribution >= 0.6 is 0 Å². The molecule has 0 saturated carbocycles. The average Bonchev–Trinajstić information content (AvgIpc) is 2.63. The molecule has 1 rings (SSSR count). The number of anilines is 1. The maximum atomic E-state index is 11.1. The van der Waals surface area contributed by atoms with Crippen molar-refractivity contribution in [2.75, 3.05) is 5.32 Å². The van der Waals surface area contributed by atoms with Crippen molar-refractivity contribution in [3.8, 4) is 0 Å². The van der Waals surface area contributed by atoms with E-state index < -0.39 is 12.0 Å². The minimum atomic E-state index is -0.911. The van der Waals surface area contributed by atoms with Crippen LogP contribution in [0.15, 0.2) is 4.52 Å². The number of hydrogen-bond acceptors (Lipinski definition) is 5. The third-order valence-corrected chi connectivity index (χ3v) is 2.38. The Hall–Kier alpha value is -1.59. The van der Waals surface area contributed by atoms with Crippen LogP contribution in [0.1, 0.15) is 46.9 Å². The summed E-state index contributed by atoms with van der Waals surface area (Å²) in [6, 6.07) is -0.699. The number of rotatable bonds is 5. The van der Waals surface area contributed by atoms with Crippen LogP contribution in [-0.4, -0.2) is 27.3 Å². The van der Waals surface area contributed by atoms with Crippen molar-refractivity contribution in [1.82, 2.24) is 10.1 Å². The molecule has 1 atom stereocenters. The molecule has 0 saturated heterocycles. The first-order valence-corrected chi connectivity index (χ1v) is 6.03. The Kier molecular flexibility index (Phi) is 4.32. The Morgan fingerprint density at radius 2 is 2.06 bits per heavy atom. The molecule has 1 aromatic heterocycles. The molecule has 102 valence electrons. The van der Waals surface area contributed by atoms with Gasteiger partial charge in [0.2, 0.25) is 5.89 Å². The molecule has 6 heteroatoms. The highest BCUT2D eigenvalue weighted by Crippen LogP contribution is 2.21. The van der Waals surface area contributed by atoms with Crippen molar-refractivity contribution in [3.05, 3.63) is 5.89 Å². The van der Waals surface area contributed by atoms with Gasteiger partial charge in [0.15, 0.2) is 0 Å². The van der Waals surface area contributed by atoms with Gasteiger partial charge in [-0.2, -0.15) is 4.98 Å². The van der Waals surface area contributed by atoms with Gasteiger partial charge in [-0.3, -0.25) is 0 Å². The van der Waals surface area contributed by atoms with E-state index in [1.807, 2.05) is 34.6 Å². The van der Waals surface area contributed by atoms with Crippen LogP contribution in [-0.2, 0) is 10.2 Å². The summed E-state index contributed by atoms with van der Waals surface area (Å²) in [4.78, 5) is 15.3. The highest BCUT2D eigenvalue weighted by Gasteiger charge is 2.24. The number of aliphatic carboxylic acids is 1. The van der Waals surface area contributed by atoms with E-state index in [1.165, 1.54) is 0 Å². The molecule has 6 nitrogen and oxygen atoms in total. The second kappa shape index (κ2) is 5.37. The van der Waals surface area contributed by atoms with Gasteiger partial charge in [0.25, 0.3) is 5.95 Å². The van der Waals surface area contributed by atoms with E-state index in [0.717, 1.165) is 0 Å². The lowest BCUT2D eigenvalue weighted by Gasteiger charge is -2.14. The van der Waals surface area contributed by atoms with Crippen molar-refractivity contribution >= 4 is 11.9 Å². The minimum Gasteiger partial charge on any atom is -0.480 e. The van der Waals surface area contributed by atoms with Crippen LogP contribution in [0, 0.1) is 5.92 Å². The lowest BCUT2D eigenvalue weighted by molar-refractivity contribution is -0.138. The lowest BCUT2D eigenvalue weighted by atomic mass is 9.97. The fourth-order valence-corrected chi connectivity index (χ4v) is 1.44. The SMILES string of the molecule is CC(C)CC(Nc1noc(C(C)(C)C)n1)C(=O)O. The van der Waals surface area contributed by atoms with E-state index in [4.69, 9.17) is 9.63 Å². The van der Waals surface area contributed by atoms with E-state index in [2.05, 4.69) is 15.5 Å².